The Kier molecular flexibility index (Phi) is 7.34. The second-order valence-electron chi connectivity index (χ2n) is 5.79. The fourth-order valence-electron chi connectivity index (χ4n) is 2.63. The van der Waals surface area contributed by atoms with E-state index in [9.17, 15) is 30.6 Å². The van der Waals surface area contributed by atoms with Crippen LogP contribution in [-0.2, 0) is 18.4 Å². The van der Waals surface area contributed by atoms with Crippen LogP contribution in [0.5, 0.6) is 0 Å². The van der Waals surface area contributed by atoms with Crippen LogP contribution in [0.4, 0.5) is 0 Å². The summed E-state index contributed by atoms with van der Waals surface area (Å²) in [5.74, 6) is 0. The Morgan fingerprint density at radius 2 is 1.36 bits per heavy atom. The molecule has 0 aromatic rings. The van der Waals surface area contributed by atoms with Gasteiger partial charge in [-0.2, -0.15) is 0 Å². The lowest BCUT2D eigenvalue weighted by atomic mass is 9.97. The molecule has 2 aliphatic heterocycles. The zero-order valence-electron chi connectivity index (χ0n) is 12.8. The van der Waals surface area contributed by atoms with Crippen molar-refractivity contribution in [2.45, 2.75) is 60.2 Å². The predicted molar refractivity (Wildman–Crippen MR) is 84.4 cm³/mol. The van der Waals surface area contributed by atoms with E-state index in [0.717, 1.165) is 0 Å². The second-order valence-corrected chi connectivity index (χ2v) is 6.67. The number of ether oxygens (including phenoxy) is 3. The maximum atomic E-state index is 10.3. The summed E-state index contributed by atoms with van der Waals surface area (Å²) in [6.07, 6.45) is -14.1. The van der Waals surface area contributed by atoms with Crippen LogP contribution in [0.3, 0.4) is 0 Å². The van der Waals surface area contributed by atoms with Crippen molar-refractivity contribution in [3.05, 3.63) is 0 Å². The Labute approximate surface area is 153 Å². The summed E-state index contributed by atoms with van der Waals surface area (Å²) in [5, 5.41) is 68.2. The molecule has 0 radical (unpaired) electrons. The van der Waals surface area contributed by atoms with Gasteiger partial charge >= 0.3 is 0 Å². The van der Waals surface area contributed by atoms with E-state index in [2.05, 4.69) is 25.5 Å². The fourth-order valence-corrected chi connectivity index (χ4v) is 3.13. The summed E-state index contributed by atoms with van der Waals surface area (Å²) < 4.78 is 20.3. The number of aliphatic hydroxyl groups excluding tert-OH is 7. The molecule has 2 heterocycles. The Hall–Kier alpha value is 0.260. The summed E-state index contributed by atoms with van der Waals surface area (Å²) in [6, 6.07) is 0. The van der Waals surface area contributed by atoms with E-state index >= 15 is 0 Å². The minimum absolute atomic E-state index is 0.673. The van der Waals surface area contributed by atoms with Crippen molar-refractivity contribution in [2.24, 2.45) is 0 Å². The van der Waals surface area contributed by atoms with E-state index in [1.54, 1.807) is 0 Å². The van der Waals surface area contributed by atoms with Crippen LogP contribution in [0.1, 0.15) is 0 Å². The lowest BCUT2D eigenvalue weighted by Gasteiger charge is -2.48. The van der Waals surface area contributed by atoms with Crippen molar-refractivity contribution in [1.82, 2.24) is 0 Å². The molecule has 2 fully saturated rings. The third-order valence-corrected chi connectivity index (χ3v) is 5.28. The number of aliphatic hydroxyl groups is 7. The highest BCUT2D eigenvalue weighted by atomic mass is 32.1. The van der Waals surface area contributed by atoms with Crippen LogP contribution in [-0.4, -0.2) is 109 Å². The first-order valence-corrected chi connectivity index (χ1v) is 8.15. The molecule has 2 aliphatic rings. The van der Waals surface area contributed by atoms with E-state index in [4.69, 9.17) is 23.5 Å². The number of hydrogen-bond donors (Lipinski definition) is 9. The minimum Gasteiger partial charge on any atom is -0.394 e. The van der Waals surface area contributed by atoms with Crippen LogP contribution in [0.25, 0.3) is 0 Å². The average molecular weight is 406 g/mol. The molecule has 0 amide bonds. The van der Waals surface area contributed by atoms with Gasteiger partial charge in [-0.1, -0.05) is 0 Å². The number of hydrogen-bond acceptors (Lipinski definition) is 13. The molecular weight excluding hydrogens is 384 g/mol. The second kappa shape index (κ2) is 8.52. The van der Waals surface area contributed by atoms with E-state index in [1.807, 2.05) is 0 Å². The summed E-state index contributed by atoms with van der Waals surface area (Å²) >= 11 is 7.57. The van der Waals surface area contributed by atoms with Crippen LogP contribution in [0.15, 0.2) is 0 Å². The quantitative estimate of drug-likeness (QED) is 0.123. The molecule has 0 unspecified atom stereocenters. The first-order valence-electron chi connectivity index (χ1n) is 7.34. The molecule has 25 heavy (non-hydrogen) atoms. The third kappa shape index (κ3) is 3.94. The maximum Gasteiger partial charge on any atom is 0.191 e. The molecule has 7 N–H and O–H groups in total. The zero-order chi connectivity index (χ0) is 18.9. The van der Waals surface area contributed by atoms with Crippen LogP contribution in [0.2, 0.25) is 0 Å². The molecule has 0 spiro atoms. The monoisotopic (exact) mass is 406 g/mol. The van der Waals surface area contributed by atoms with E-state index in [1.165, 1.54) is 0 Å². The SMILES string of the molecule is OC[C@H]1O[C@H](O[C@H]2O[C@H](CO)[C@@H](O)[C@](S)(OS)[C@H]2O)[C@H](O)[C@@H](O)[C@@H]1O. The Bertz CT molecular complexity index is 443. The van der Waals surface area contributed by atoms with Gasteiger partial charge in [0.05, 0.1) is 13.2 Å². The van der Waals surface area contributed by atoms with Crippen LogP contribution in [0, 0.1) is 0 Å². The smallest absolute Gasteiger partial charge is 0.191 e. The van der Waals surface area contributed by atoms with Crippen molar-refractivity contribution >= 4 is 25.5 Å². The highest BCUT2D eigenvalue weighted by molar-refractivity contribution is 7.83. The third-order valence-electron chi connectivity index (χ3n) is 4.21. The molecule has 13 heteroatoms. The van der Waals surface area contributed by atoms with Crippen molar-refractivity contribution in [3.8, 4) is 0 Å². The van der Waals surface area contributed by atoms with Crippen LogP contribution < -0.4 is 0 Å². The van der Waals surface area contributed by atoms with Gasteiger partial charge in [-0.05, 0) is 12.9 Å². The van der Waals surface area contributed by atoms with Crippen LogP contribution >= 0.6 is 25.5 Å². The standard InChI is InChI=1S/C12H22O11S2/c13-1-3-5(15)6(16)7(17)10(20-3)22-11-9(19)12(24,23-25)8(18)4(2-14)21-11/h3-11,13-19,24-25H,1-2H2/t3-,4-,5-,6+,7-,8-,9+,10-,11-,12-/m1/s1. The Morgan fingerprint density at radius 1 is 0.800 bits per heavy atom. The van der Waals surface area contributed by atoms with E-state index in [-0.39, 0.29) is 0 Å². The molecule has 0 aromatic heterocycles. The Balaban J connectivity index is 2.17. The number of thiol groups is 2. The van der Waals surface area contributed by atoms with E-state index in [0.29, 0.717) is 0 Å². The molecule has 2 rings (SSSR count). The predicted octanol–water partition coefficient (Wildman–Crippen LogP) is -4.27. The fraction of sp³-hybridized carbons (Fsp3) is 1.00. The molecule has 0 aliphatic carbocycles. The molecular formula is C12H22O11S2. The first kappa shape index (κ1) is 21.6. The number of rotatable bonds is 5. The van der Waals surface area contributed by atoms with Gasteiger partial charge in [-0.15, -0.1) is 12.6 Å². The van der Waals surface area contributed by atoms with Gasteiger partial charge in [-0.25, -0.2) is 0 Å². The van der Waals surface area contributed by atoms with E-state index < -0.39 is 73.5 Å². The van der Waals surface area contributed by atoms with Crippen molar-refractivity contribution < 1.29 is 54.1 Å². The summed E-state index contributed by atoms with van der Waals surface area (Å²) in [4.78, 5) is -1.99. The van der Waals surface area contributed by atoms with Gasteiger partial charge in [0.2, 0.25) is 0 Å². The highest BCUT2D eigenvalue weighted by Gasteiger charge is 2.57. The van der Waals surface area contributed by atoms with Crippen molar-refractivity contribution in [2.75, 3.05) is 13.2 Å². The molecule has 0 saturated carbocycles. The lowest BCUT2D eigenvalue weighted by Crippen LogP contribution is -2.67. The zero-order valence-corrected chi connectivity index (χ0v) is 14.6. The lowest BCUT2D eigenvalue weighted by molar-refractivity contribution is -0.377. The summed E-state index contributed by atoms with van der Waals surface area (Å²) in [6.45, 7) is -1.35. The topological polar surface area (TPSA) is 179 Å². The first-order chi connectivity index (χ1) is 11.7. The van der Waals surface area contributed by atoms with Gasteiger partial charge in [0, 0.05) is 0 Å². The van der Waals surface area contributed by atoms with Gasteiger partial charge in [0.25, 0.3) is 0 Å². The average Bonchev–Trinajstić information content (AvgIpc) is 2.62. The van der Waals surface area contributed by atoms with Gasteiger partial charge in [0.15, 0.2) is 17.5 Å². The van der Waals surface area contributed by atoms with Gasteiger partial charge in [0.1, 0.15) is 42.7 Å². The molecule has 0 bridgehead atoms. The normalized spacial score (nSPS) is 51.5. The largest absolute Gasteiger partial charge is 0.394 e. The van der Waals surface area contributed by atoms with Crippen molar-refractivity contribution in [3.63, 3.8) is 0 Å². The molecule has 148 valence electrons. The summed E-state index contributed by atoms with van der Waals surface area (Å²) in [5.41, 5.74) is 0. The molecule has 11 nitrogen and oxygen atoms in total. The molecule has 2 saturated heterocycles. The van der Waals surface area contributed by atoms with Gasteiger partial charge in [-0.3, -0.25) is 4.18 Å². The van der Waals surface area contributed by atoms with Crippen molar-refractivity contribution in [1.29, 1.82) is 0 Å². The van der Waals surface area contributed by atoms with Gasteiger partial charge < -0.3 is 50.0 Å². The Morgan fingerprint density at radius 3 is 1.88 bits per heavy atom. The summed E-state index contributed by atoms with van der Waals surface area (Å²) in [7, 11) is 0. The highest BCUT2D eigenvalue weighted by Crippen LogP contribution is 2.38. The molecule has 0 aromatic carbocycles. The molecule has 10 atom stereocenters. The minimum atomic E-state index is -1.99. The maximum absolute atomic E-state index is 10.3.